The molecule has 4 rings (SSSR count). The predicted octanol–water partition coefficient (Wildman–Crippen LogP) is 4.08. The van der Waals surface area contributed by atoms with Gasteiger partial charge in [-0.2, -0.15) is 0 Å². The van der Waals surface area contributed by atoms with Crippen LogP contribution in [-0.4, -0.2) is 40.1 Å². The van der Waals surface area contributed by atoms with E-state index in [2.05, 4.69) is 10.3 Å². The smallest absolute Gasteiger partial charge is 0.407 e. The molecule has 6 heteroatoms. The van der Waals surface area contributed by atoms with Crippen molar-refractivity contribution in [3.63, 3.8) is 0 Å². The lowest BCUT2D eigenvalue weighted by Gasteiger charge is -2.18. The first-order chi connectivity index (χ1) is 14.1. The highest BCUT2D eigenvalue weighted by Gasteiger charge is 2.40. The van der Waals surface area contributed by atoms with Crippen LogP contribution < -0.4 is 5.32 Å². The second-order valence-corrected chi connectivity index (χ2v) is 7.12. The fraction of sp³-hybridized carbons (Fsp3) is 0.174. The van der Waals surface area contributed by atoms with Crippen molar-refractivity contribution in [1.82, 2.24) is 9.88 Å². The third-order valence-electron chi connectivity index (χ3n) is 5.30. The van der Waals surface area contributed by atoms with Gasteiger partial charge in [0.25, 0.3) is 0 Å². The van der Waals surface area contributed by atoms with E-state index in [9.17, 15) is 14.7 Å². The van der Waals surface area contributed by atoms with E-state index in [0.29, 0.717) is 12.2 Å². The van der Waals surface area contributed by atoms with Crippen LogP contribution in [0.1, 0.15) is 11.5 Å². The molecule has 0 radical (unpaired) electrons. The number of carbonyl (C=O) groups excluding carboxylic acids is 1. The number of amides is 2. The van der Waals surface area contributed by atoms with Gasteiger partial charge in [0.2, 0.25) is 5.91 Å². The summed E-state index contributed by atoms with van der Waals surface area (Å²) in [5.41, 5.74) is 3.67. The van der Waals surface area contributed by atoms with Crippen molar-refractivity contribution in [3.8, 4) is 11.1 Å². The van der Waals surface area contributed by atoms with Gasteiger partial charge in [-0.15, -0.1) is 0 Å². The zero-order valence-electron chi connectivity index (χ0n) is 15.7. The van der Waals surface area contributed by atoms with Crippen molar-refractivity contribution in [2.45, 2.75) is 5.92 Å². The van der Waals surface area contributed by atoms with Gasteiger partial charge in [-0.25, -0.2) is 4.79 Å². The normalized spacial score (nSPS) is 18.4. The number of likely N-dealkylation sites (tertiary alicyclic amines) is 1. The maximum Gasteiger partial charge on any atom is 0.407 e. The molecule has 2 amide bonds. The van der Waals surface area contributed by atoms with Crippen LogP contribution in [0.15, 0.2) is 79.1 Å². The Labute approximate surface area is 168 Å². The number of pyridine rings is 1. The summed E-state index contributed by atoms with van der Waals surface area (Å²) in [5, 5.41) is 12.3. The van der Waals surface area contributed by atoms with Crippen LogP contribution in [0.3, 0.4) is 0 Å². The highest BCUT2D eigenvalue weighted by Crippen LogP contribution is 2.33. The van der Waals surface area contributed by atoms with Gasteiger partial charge in [-0.1, -0.05) is 48.5 Å². The van der Waals surface area contributed by atoms with Gasteiger partial charge in [0.15, 0.2) is 0 Å². The van der Waals surface area contributed by atoms with Gasteiger partial charge < -0.3 is 15.3 Å². The van der Waals surface area contributed by atoms with E-state index in [0.717, 1.165) is 16.7 Å². The first-order valence-electron chi connectivity index (χ1n) is 9.46. The Morgan fingerprint density at radius 3 is 2.34 bits per heavy atom. The highest BCUT2D eigenvalue weighted by molar-refractivity contribution is 5.94. The number of hydrogen-bond acceptors (Lipinski definition) is 3. The molecule has 0 saturated carbocycles. The number of aromatic nitrogens is 1. The van der Waals surface area contributed by atoms with Gasteiger partial charge in [0.1, 0.15) is 0 Å². The Morgan fingerprint density at radius 1 is 0.931 bits per heavy atom. The summed E-state index contributed by atoms with van der Waals surface area (Å²) in [4.78, 5) is 29.9. The van der Waals surface area contributed by atoms with E-state index in [1.807, 2.05) is 66.7 Å². The van der Waals surface area contributed by atoms with E-state index in [4.69, 9.17) is 0 Å². The van der Waals surface area contributed by atoms with Crippen LogP contribution in [0, 0.1) is 5.92 Å². The van der Waals surface area contributed by atoms with Gasteiger partial charge >= 0.3 is 6.09 Å². The molecule has 1 saturated heterocycles. The molecule has 1 fully saturated rings. The zero-order valence-corrected chi connectivity index (χ0v) is 15.7. The summed E-state index contributed by atoms with van der Waals surface area (Å²) < 4.78 is 0. The zero-order chi connectivity index (χ0) is 20.2. The molecule has 2 N–H and O–H groups in total. The molecule has 6 nitrogen and oxygen atoms in total. The van der Waals surface area contributed by atoms with Crippen LogP contribution >= 0.6 is 0 Å². The minimum absolute atomic E-state index is 0.165. The Morgan fingerprint density at radius 2 is 1.69 bits per heavy atom. The number of carboxylic acid groups (broad SMARTS) is 1. The molecule has 1 aliphatic rings. The molecule has 0 spiro atoms. The number of benzene rings is 2. The third-order valence-corrected chi connectivity index (χ3v) is 5.30. The van der Waals surface area contributed by atoms with Crippen LogP contribution in [0.2, 0.25) is 0 Å². The lowest BCUT2D eigenvalue weighted by molar-refractivity contribution is -0.119. The molecule has 146 valence electrons. The Kier molecular flexibility index (Phi) is 5.24. The number of nitrogens with zero attached hydrogens (tertiary/aromatic N) is 2. The second-order valence-electron chi connectivity index (χ2n) is 7.12. The first-order valence-corrected chi connectivity index (χ1v) is 9.46. The van der Waals surface area contributed by atoms with E-state index < -0.39 is 12.0 Å². The summed E-state index contributed by atoms with van der Waals surface area (Å²) >= 11 is 0. The number of anilines is 1. The first kappa shape index (κ1) is 18.7. The van der Waals surface area contributed by atoms with Crippen molar-refractivity contribution in [1.29, 1.82) is 0 Å². The Hall–Kier alpha value is -3.67. The molecule has 1 aliphatic heterocycles. The maximum atomic E-state index is 13.0. The molecule has 29 heavy (non-hydrogen) atoms. The summed E-state index contributed by atoms with van der Waals surface area (Å²) in [5.74, 6) is -0.773. The number of nitrogens with one attached hydrogen (secondary N) is 1. The summed E-state index contributed by atoms with van der Waals surface area (Å²) in [6.45, 7) is 0.506. The average Bonchev–Trinajstić information content (AvgIpc) is 3.22. The minimum Gasteiger partial charge on any atom is -0.465 e. The molecule has 0 unspecified atom stereocenters. The average molecular weight is 387 g/mol. The van der Waals surface area contributed by atoms with Crippen molar-refractivity contribution in [2.24, 2.45) is 5.92 Å². The minimum atomic E-state index is -0.998. The van der Waals surface area contributed by atoms with E-state index in [1.165, 1.54) is 4.90 Å². The van der Waals surface area contributed by atoms with Crippen molar-refractivity contribution in [2.75, 3.05) is 18.4 Å². The fourth-order valence-corrected chi connectivity index (χ4v) is 3.78. The standard InChI is InChI=1S/C23H21N3O3/c27-22(25-19-10-8-16(9-11-19)18-7-4-12-24-13-18)21-15-26(23(28)29)14-20(21)17-5-2-1-3-6-17/h1-13,20-21H,14-15H2,(H,25,27)(H,28,29)/t20-,21+/m0/s1. The monoisotopic (exact) mass is 387 g/mol. The number of carbonyl (C=O) groups is 2. The van der Waals surface area contributed by atoms with Crippen LogP contribution in [0.4, 0.5) is 10.5 Å². The molecular weight excluding hydrogens is 366 g/mol. The number of hydrogen-bond donors (Lipinski definition) is 2. The highest BCUT2D eigenvalue weighted by atomic mass is 16.4. The van der Waals surface area contributed by atoms with Crippen LogP contribution in [-0.2, 0) is 4.79 Å². The maximum absolute atomic E-state index is 13.0. The van der Waals surface area contributed by atoms with Crippen LogP contribution in [0.5, 0.6) is 0 Å². The third kappa shape index (κ3) is 4.11. The SMILES string of the molecule is O=C(Nc1ccc(-c2cccnc2)cc1)[C@@H]1CN(C(=O)O)C[C@H]1c1ccccc1. The topological polar surface area (TPSA) is 82.5 Å². The lowest BCUT2D eigenvalue weighted by Crippen LogP contribution is -2.30. The quantitative estimate of drug-likeness (QED) is 0.707. The molecule has 0 aliphatic carbocycles. The van der Waals surface area contributed by atoms with Crippen molar-refractivity contribution < 1.29 is 14.7 Å². The lowest BCUT2D eigenvalue weighted by atomic mass is 9.88. The number of rotatable bonds is 4. The molecule has 0 bridgehead atoms. The van der Waals surface area contributed by atoms with Crippen molar-refractivity contribution >= 4 is 17.7 Å². The second kappa shape index (κ2) is 8.14. The Balaban J connectivity index is 1.51. The molecule has 1 aromatic heterocycles. The molecule has 2 heterocycles. The molecular formula is C23H21N3O3. The fourth-order valence-electron chi connectivity index (χ4n) is 3.78. The van der Waals surface area contributed by atoms with E-state index >= 15 is 0 Å². The summed E-state index contributed by atoms with van der Waals surface area (Å²) in [6.07, 6.45) is 2.52. The molecule has 2 atom stereocenters. The van der Waals surface area contributed by atoms with Gasteiger partial charge in [0, 0.05) is 37.1 Å². The summed E-state index contributed by atoms with van der Waals surface area (Å²) in [6, 6.07) is 21.0. The largest absolute Gasteiger partial charge is 0.465 e. The Bertz CT molecular complexity index is 991. The summed E-state index contributed by atoms with van der Waals surface area (Å²) in [7, 11) is 0. The predicted molar refractivity (Wildman–Crippen MR) is 111 cm³/mol. The molecule has 3 aromatic rings. The van der Waals surface area contributed by atoms with Gasteiger partial charge in [-0.3, -0.25) is 9.78 Å². The van der Waals surface area contributed by atoms with Crippen LogP contribution in [0.25, 0.3) is 11.1 Å². The van der Waals surface area contributed by atoms with Gasteiger partial charge in [-0.05, 0) is 34.9 Å². The van der Waals surface area contributed by atoms with Gasteiger partial charge in [0.05, 0.1) is 5.92 Å². The van der Waals surface area contributed by atoms with Crippen molar-refractivity contribution in [3.05, 3.63) is 84.7 Å². The van der Waals surface area contributed by atoms with E-state index in [1.54, 1.807) is 12.4 Å². The molecule has 2 aromatic carbocycles. The van der Waals surface area contributed by atoms with E-state index in [-0.39, 0.29) is 18.4 Å².